The van der Waals surface area contributed by atoms with Gasteiger partial charge in [0.05, 0.1) is 0 Å². The highest BCUT2D eigenvalue weighted by Crippen LogP contribution is 2.23. The lowest BCUT2D eigenvalue weighted by molar-refractivity contribution is 0.485. The zero-order chi connectivity index (χ0) is 13.2. The Bertz CT molecular complexity index is 375. The zero-order valence-corrected chi connectivity index (χ0v) is 11.7. The average Bonchev–Trinajstić information content (AvgIpc) is 2.42. The van der Waals surface area contributed by atoms with Gasteiger partial charge >= 0.3 is 0 Å². The van der Waals surface area contributed by atoms with Gasteiger partial charge in [0, 0.05) is 12.5 Å². The first-order valence-electron chi connectivity index (χ1n) is 7.08. The van der Waals surface area contributed by atoms with Gasteiger partial charge in [-0.05, 0) is 43.4 Å². The minimum atomic E-state index is 0.453. The molecule has 0 saturated heterocycles. The Hall–Kier alpha value is -1.26. The Balaban J connectivity index is 2.76. The number of terminal acetylenes is 1. The Kier molecular flexibility index (Phi) is 7.22. The minimum absolute atomic E-state index is 0.453. The van der Waals surface area contributed by atoms with Crippen LogP contribution in [0.1, 0.15) is 56.7 Å². The van der Waals surface area contributed by atoms with Gasteiger partial charge < -0.3 is 5.32 Å². The van der Waals surface area contributed by atoms with E-state index in [-0.39, 0.29) is 0 Å². The van der Waals surface area contributed by atoms with Gasteiger partial charge in [-0.2, -0.15) is 0 Å². The minimum Gasteiger partial charge on any atom is -0.310 e. The van der Waals surface area contributed by atoms with Crippen LogP contribution in [0.4, 0.5) is 0 Å². The monoisotopic (exact) mass is 243 g/mol. The quantitative estimate of drug-likeness (QED) is 0.535. The van der Waals surface area contributed by atoms with E-state index in [2.05, 4.69) is 49.4 Å². The number of hydrogen-bond acceptors (Lipinski definition) is 1. The number of aryl methyl sites for hydroxylation is 1. The van der Waals surface area contributed by atoms with Crippen LogP contribution in [0.3, 0.4) is 0 Å². The topological polar surface area (TPSA) is 12.0 Å². The third kappa shape index (κ3) is 4.55. The van der Waals surface area contributed by atoms with E-state index in [0.717, 1.165) is 32.2 Å². The predicted molar refractivity (Wildman–Crippen MR) is 79.5 cm³/mol. The van der Waals surface area contributed by atoms with Crippen molar-refractivity contribution in [2.45, 2.75) is 52.0 Å². The van der Waals surface area contributed by atoms with Crippen LogP contribution in [0.15, 0.2) is 24.3 Å². The second-order valence-electron chi connectivity index (χ2n) is 4.66. The summed E-state index contributed by atoms with van der Waals surface area (Å²) in [6.45, 7) is 5.49. The van der Waals surface area contributed by atoms with Crippen LogP contribution < -0.4 is 5.32 Å². The van der Waals surface area contributed by atoms with Crippen LogP contribution in [0.25, 0.3) is 0 Å². The molecule has 0 heterocycles. The molecule has 0 amide bonds. The molecule has 0 aromatic heterocycles. The molecule has 18 heavy (non-hydrogen) atoms. The van der Waals surface area contributed by atoms with Crippen LogP contribution in [-0.4, -0.2) is 6.54 Å². The fourth-order valence-corrected chi connectivity index (χ4v) is 2.29. The van der Waals surface area contributed by atoms with Crippen LogP contribution in [0.2, 0.25) is 0 Å². The molecule has 1 unspecified atom stereocenters. The molecule has 0 saturated carbocycles. The molecule has 0 aliphatic heterocycles. The molecule has 1 atom stereocenters. The van der Waals surface area contributed by atoms with Gasteiger partial charge in [0.2, 0.25) is 0 Å². The molecular formula is C17H25N. The molecular weight excluding hydrogens is 218 g/mol. The molecule has 1 aromatic carbocycles. The third-order valence-electron chi connectivity index (χ3n) is 3.27. The van der Waals surface area contributed by atoms with Crippen molar-refractivity contribution in [2.75, 3.05) is 6.54 Å². The molecule has 1 aromatic rings. The molecule has 1 nitrogen and oxygen atoms in total. The van der Waals surface area contributed by atoms with E-state index in [9.17, 15) is 0 Å². The van der Waals surface area contributed by atoms with Crippen molar-refractivity contribution in [3.05, 3.63) is 35.4 Å². The SMILES string of the molecule is C#CCCCC(NCCC)c1ccccc1CC. The second-order valence-corrected chi connectivity index (χ2v) is 4.66. The lowest BCUT2D eigenvalue weighted by atomic mass is 9.95. The van der Waals surface area contributed by atoms with Gasteiger partial charge in [0.1, 0.15) is 0 Å². The molecule has 0 spiro atoms. The van der Waals surface area contributed by atoms with Crippen molar-refractivity contribution in [3.8, 4) is 12.3 Å². The summed E-state index contributed by atoms with van der Waals surface area (Å²) >= 11 is 0. The van der Waals surface area contributed by atoms with E-state index in [1.807, 2.05) is 0 Å². The number of benzene rings is 1. The number of hydrogen-bond donors (Lipinski definition) is 1. The van der Waals surface area contributed by atoms with E-state index < -0.39 is 0 Å². The number of unbranched alkanes of at least 4 members (excludes halogenated alkanes) is 1. The zero-order valence-electron chi connectivity index (χ0n) is 11.7. The molecule has 1 N–H and O–H groups in total. The largest absolute Gasteiger partial charge is 0.310 e. The van der Waals surface area contributed by atoms with Crippen molar-refractivity contribution in [3.63, 3.8) is 0 Å². The Morgan fingerprint density at radius 2 is 2.06 bits per heavy atom. The van der Waals surface area contributed by atoms with Crippen LogP contribution >= 0.6 is 0 Å². The highest BCUT2D eigenvalue weighted by Gasteiger charge is 2.12. The highest BCUT2D eigenvalue weighted by molar-refractivity contribution is 5.30. The molecule has 0 aliphatic carbocycles. The van der Waals surface area contributed by atoms with Crippen LogP contribution in [0, 0.1) is 12.3 Å². The van der Waals surface area contributed by atoms with Crippen LogP contribution in [0.5, 0.6) is 0 Å². The summed E-state index contributed by atoms with van der Waals surface area (Å²) in [5.74, 6) is 2.73. The Morgan fingerprint density at radius 1 is 1.28 bits per heavy atom. The van der Waals surface area contributed by atoms with E-state index in [0.29, 0.717) is 6.04 Å². The van der Waals surface area contributed by atoms with E-state index >= 15 is 0 Å². The first-order chi connectivity index (χ1) is 8.83. The highest BCUT2D eigenvalue weighted by atomic mass is 14.9. The average molecular weight is 243 g/mol. The number of rotatable bonds is 8. The normalized spacial score (nSPS) is 12.1. The second kappa shape index (κ2) is 8.78. The van der Waals surface area contributed by atoms with Crippen LogP contribution in [-0.2, 0) is 6.42 Å². The number of nitrogens with one attached hydrogen (secondary N) is 1. The van der Waals surface area contributed by atoms with Gasteiger partial charge in [-0.1, -0.05) is 38.1 Å². The Morgan fingerprint density at radius 3 is 2.72 bits per heavy atom. The third-order valence-corrected chi connectivity index (χ3v) is 3.27. The summed E-state index contributed by atoms with van der Waals surface area (Å²) in [7, 11) is 0. The summed E-state index contributed by atoms with van der Waals surface area (Å²) in [4.78, 5) is 0. The fraction of sp³-hybridized carbons (Fsp3) is 0.529. The van der Waals surface area contributed by atoms with Gasteiger partial charge in [0.25, 0.3) is 0 Å². The summed E-state index contributed by atoms with van der Waals surface area (Å²) in [6.07, 6.45) is 10.7. The molecule has 98 valence electrons. The lowest BCUT2D eigenvalue weighted by Gasteiger charge is -2.21. The van der Waals surface area contributed by atoms with Gasteiger partial charge in [-0.25, -0.2) is 0 Å². The predicted octanol–water partition coefficient (Wildman–Crippen LogP) is 4.09. The van der Waals surface area contributed by atoms with Gasteiger partial charge in [0.15, 0.2) is 0 Å². The molecule has 0 bridgehead atoms. The first-order valence-corrected chi connectivity index (χ1v) is 7.08. The summed E-state index contributed by atoms with van der Waals surface area (Å²) < 4.78 is 0. The standard InChI is InChI=1S/C17H25N/c1-4-7-8-13-17(18-14-5-2)16-12-10-9-11-15(16)6-3/h1,9-12,17-18H,5-8,13-14H2,2-3H3. The molecule has 0 aliphatic rings. The smallest absolute Gasteiger partial charge is 0.0323 e. The van der Waals surface area contributed by atoms with Crippen molar-refractivity contribution in [1.29, 1.82) is 0 Å². The molecule has 1 heteroatoms. The van der Waals surface area contributed by atoms with E-state index in [4.69, 9.17) is 6.42 Å². The molecule has 1 rings (SSSR count). The van der Waals surface area contributed by atoms with Crippen molar-refractivity contribution in [1.82, 2.24) is 5.32 Å². The lowest BCUT2D eigenvalue weighted by Crippen LogP contribution is -2.23. The summed E-state index contributed by atoms with van der Waals surface area (Å²) in [5, 5.41) is 3.65. The maximum atomic E-state index is 5.34. The van der Waals surface area contributed by atoms with E-state index in [1.54, 1.807) is 0 Å². The Labute approximate surface area is 112 Å². The van der Waals surface area contributed by atoms with Crippen molar-refractivity contribution < 1.29 is 0 Å². The van der Waals surface area contributed by atoms with Gasteiger partial charge in [-0.3, -0.25) is 0 Å². The maximum Gasteiger partial charge on any atom is 0.0323 e. The van der Waals surface area contributed by atoms with Crippen molar-refractivity contribution >= 4 is 0 Å². The van der Waals surface area contributed by atoms with Gasteiger partial charge in [-0.15, -0.1) is 12.3 Å². The van der Waals surface area contributed by atoms with Crippen molar-refractivity contribution in [2.24, 2.45) is 0 Å². The first kappa shape index (κ1) is 14.8. The summed E-state index contributed by atoms with van der Waals surface area (Å²) in [5.41, 5.74) is 2.90. The van der Waals surface area contributed by atoms with E-state index in [1.165, 1.54) is 17.5 Å². The fourth-order valence-electron chi connectivity index (χ4n) is 2.29. The maximum absolute atomic E-state index is 5.34. The molecule has 0 fully saturated rings. The molecule has 0 radical (unpaired) electrons. The summed E-state index contributed by atoms with van der Waals surface area (Å²) in [6, 6.07) is 9.20.